The molecule has 0 heterocycles. The van der Waals surface area contributed by atoms with E-state index in [4.69, 9.17) is 10.8 Å². The molecule has 7 nitrogen and oxygen atoms in total. The van der Waals surface area contributed by atoms with Crippen molar-refractivity contribution < 1.29 is 19.5 Å². The molecule has 1 amide bonds. The summed E-state index contributed by atoms with van der Waals surface area (Å²) >= 11 is 10.3. The molecule has 0 unspecified atom stereocenters. The molecule has 0 aromatic heterocycles. The molecule has 0 aliphatic heterocycles. The molecule has 0 bridgehead atoms. The zero-order valence-corrected chi connectivity index (χ0v) is 14.0. The van der Waals surface area contributed by atoms with Crippen molar-refractivity contribution in [2.75, 3.05) is 12.3 Å². The van der Waals surface area contributed by atoms with E-state index in [0.29, 0.717) is 17.5 Å². The average molecular weight is 385 g/mol. The van der Waals surface area contributed by atoms with Gasteiger partial charge in [0.25, 0.3) is 0 Å². The van der Waals surface area contributed by atoms with Crippen molar-refractivity contribution in [3.63, 3.8) is 0 Å². The fourth-order valence-corrected chi connectivity index (χ4v) is 1.99. The number of aliphatic imine (C=N–C) groups is 1. The molecular weight excluding hydrogens is 369 g/mol. The number of carboxylic acid groups (broad SMARTS) is 1. The van der Waals surface area contributed by atoms with Crippen LogP contribution in [0.4, 0.5) is 0 Å². The van der Waals surface area contributed by atoms with Gasteiger partial charge >= 0.3 is 136 Å². The summed E-state index contributed by atoms with van der Waals surface area (Å²) in [5.41, 5.74) is 5.51. The molecule has 1 radical (unpaired) electrons. The number of hydrogen-bond acceptors (Lipinski definition) is 6. The third kappa shape index (κ3) is 8.59. The third-order valence-corrected chi connectivity index (χ3v) is 3.50. The molecule has 0 saturated heterocycles. The molecule has 0 fully saturated rings. The van der Waals surface area contributed by atoms with Crippen molar-refractivity contribution in [3.8, 4) is 0 Å². The minimum absolute atomic E-state index is 0.133. The van der Waals surface area contributed by atoms with Crippen molar-refractivity contribution in [2.24, 2.45) is 10.7 Å². The van der Waals surface area contributed by atoms with Crippen LogP contribution in [0.3, 0.4) is 0 Å². The summed E-state index contributed by atoms with van der Waals surface area (Å²) in [5, 5.41) is 10.3. The molecular formula is C10H16N3O4S2Se. The number of hydrogen-bond donors (Lipinski definition) is 5. The summed E-state index contributed by atoms with van der Waals surface area (Å²) in [5.74, 6) is -1.53. The number of aliphatic carboxylic acids is 1. The van der Waals surface area contributed by atoms with Crippen molar-refractivity contribution in [1.29, 1.82) is 0 Å². The first-order chi connectivity index (χ1) is 9.27. The first-order valence-electron chi connectivity index (χ1n) is 5.60. The van der Waals surface area contributed by atoms with E-state index in [9.17, 15) is 14.4 Å². The van der Waals surface area contributed by atoms with Gasteiger partial charge in [0.2, 0.25) is 0 Å². The second kappa shape index (κ2) is 10.2. The number of nitrogens with one attached hydrogen (secondary N) is 1. The average Bonchev–Trinajstić information content (AvgIpc) is 2.38. The Morgan fingerprint density at radius 3 is 2.45 bits per heavy atom. The van der Waals surface area contributed by atoms with Gasteiger partial charge in [-0.15, -0.1) is 0 Å². The molecule has 0 aromatic rings. The molecule has 0 aliphatic rings. The molecule has 0 aromatic carbocycles. The van der Waals surface area contributed by atoms with Crippen LogP contribution < -0.4 is 11.1 Å². The van der Waals surface area contributed by atoms with E-state index < -0.39 is 35.6 Å². The fourth-order valence-electron chi connectivity index (χ4n) is 1.10. The summed E-state index contributed by atoms with van der Waals surface area (Å²) in [7, 11) is 0. The van der Waals surface area contributed by atoms with E-state index in [1.54, 1.807) is 0 Å². The SMILES string of the molecule is N[C@@H](CCC([Se])=N[C@@H](CS)C(=O)NCC(=O)O)C(=O)S. The number of carbonyl (C=O) groups is 3. The van der Waals surface area contributed by atoms with Crippen LogP contribution in [0.1, 0.15) is 12.8 Å². The standard InChI is InChI=1S/C10H16N3O4S2Se/c11-5(10(17)19)1-2-7(20)13-6(4-18)9(16)12-3-8(14)15/h5-6,18H,1-4,11H2,(H,12,16)(H,14,15)(H,17,19)/t5-,6-/m0/s1. The van der Waals surface area contributed by atoms with Gasteiger partial charge in [-0.05, 0) is 0 Å². The van der Waals surface area contributed by atoms with Gasteiger partial charge in [-0.2, -0.15) is 0 Å². The molecule has 113 valence electrons. The molecule has 0 spiro atoms. The van der Waals surface area contributed by atoms with E-state index in [1.807, 2.05) is 0 Å². The summed E-state index contributed by atoms with van der Waals surface area (Å²) in [4.78, 5) is 36.9. The predicted octanol–water partition coefficient (Wildman–Crippen LogP) is -1.38. The number of nitrogens with two attached hydrogens (primary N) is 1. The van der Waals surface area contributed by atoms with E-state index >= 15 is 0 Å². The quantitative estimate of drug-likeness (QED) is 0.190. The van der Waals surface area contributed by atoms with E-state index in [2.05, 4.69) is 51.6 Å². The third-order valence-electron chi connectivity index (χ3n) is 2.18. The van der Waals surface area contributed by atoms with Gasteiger partial charge in [-0.25, -0.2) is 0 Å². The number of nitrogens with zero attached hydrogens (tertiary/aromatic N) is 1. The normalized spacial score (nSPS) is 14.4. The topological polar surface area (TPSA) is 122 Å². The zero-order chi connectivity index (χ0) is 15.7. The van der Waals surface area contributed by atoms with Gasteiger partial charge in [0.1, 0.15) is 0 Å². The van der Waals surface area contributed by atoms with Gasteiger partial charge in [-0.3, -0.25) is 0 Å². The number of amides is 1. The Balaban J connectivity index is 4.43. The predicted molar refractivity (Wildman–Crippen MR) is 82.7 cm³/mol. The van der Waals surface area contributed by atoms with Crippen LogP contribution in [0.5, 0.6) is 0 Å². The van der Waals surface area contributed by atoms with Gasteiger partial charge in [0.05, 0.1) is 0 Å². The maximum absolute atomic E-state index is 11.6. The summed E-state index contributed by atoms with van der Waals surface area (Å²) in [6, 6.07) is -1.48. The second-order valence-corrected chi connectivity index (χ2v) is 5.61. The van der Waals surface area contributed by atoms with E-state index in [0.717, 1.165) is 0 Å². The minimum atomic E-state index is -1.14. The van der Waals surface area contributed by atoms with Crippen LogP contribution in [-0.2, 0) is 14.4 Å². The summed E-state index contributed by atoms with van der Waals surface area (Å²) in [6.07, 6.45) is 0.744. The van der Waals surface area contributed by atoms with Crippen LogP contribution >= 0.6 is 25.3 Å². The van der Waals surface area contributed by atoms with E-state index in [1.165, 1.54) is 0 Å². The molecule has 4 N–H and O–H groups in total. The number of rotatable bonds is 9. The van der Waals surface area contributed by atoms with Crippen molar-refractivity contribution >= 4 is 62.9 Å². The van der Waals surface area contributed by atoms with Gasteiger partial charge in [0.15, 0.2) is 0 Å². The number of thiol groups is 2. The second-order valence-electron chi connectivity index (χ2n) is 3.82. The Bertz CT molecular complexity index is 406. The maximum atomic E-state index is 11.6. The van der Waals surface area contributed by atoms with Crippen LogP contribution in [0.25, 0.3) is 0 Å². The number of carboxylic acids is 1. The molecule has 20 heavy (non-hydrogen) atoms. The molecule has 10 heteroatoms. The van der Waals surface area contributed by atoms with Crippen molar-refractivity contribution in [1.82, 2.24) is 5.32 Å². The van der Waals surface area contributed by atoms with Gasteiger partial charge in [-0.1, -0.05) is 0 Å². The molecule has 0 aliphatic carbocycles. The zero-order valence-electron chi connectivity index (χ0n) is 10.5. The Kier molecular flexibility index (Phi) is 9.95. The fraction of sp³-hybridized carbons (Fsp3) is 0.600. The van der Waals surface area contributed by atoms with Crippen LogP contribution in [0.2, 0.25) is 0 Å². The summed E-state index contributed by atoms with van der Waals surface area (Å²) < 4.78 is 0.513. The summed E-state index contributed by atoms with van der Waals surface area (Å²) in [6.45, 7) is -0.472. The Labute approximate surface area is 135 Å². The first kappa shape index (κ1) is 19.5. The van der Waals surface area contributed by atoms with Crippen LogP contribution in [0, 0.1) is 0 Å². The first-order valence-corrected chi connectivity index (χ1v) is 7.54. The Hall–Kier alpha value is -0.541. The molecule has 0 rings (SSSR count). The van der Waals surface area contributed by atoms with Crippen molar-refractivity contribution in [3.05, 3.63) is 0 Å². The molecule has 0 saturated carbocycles. The van der Waals surface area contributed by atoms with Gasteiger partial charge < -0.3 is 0 Å². The van der Waals surface area contributed by atoms with Crippen LogP contribution in [0.15, 0.2) is 4.99 Å². The van der Waals surface area contributed by atoms with E-state index in [-0.39, 0.29) is 5.75 Å². The monoisotopic (exact) mass is 386 g/mol. The van der Waals surface area contributed by atoms with Crippen LogP contribution in [-0.4, -0.2) is 67.1 Å². The Morgan fingerprint density at radius 2 is 2.00 bits per heavy atom. The van der Waals surface area contributed by atoms with Gasteiger partial charge in [0, 0.05) is 0 Å². The van der Waals surface area contributed by atoms with Crippen molar-refractivity contribution in [2.45, 2.75) is 24.9 Å². The Morgan fingerprint density at radius 1 is 1.40 bits per heavy atom. The number of carbonyl (C=O) groups excluding carboxylic acids is 2. The molecule has 2 atom stereocenters.